The lowest BCUT2D eigenvalue weighted by Gasteiger charge is -2.13. The van der Waals surface area contributed by atoms with E-state index < -0.39 is 12.1 Å². The second kappa shape index (κ2) is 8.60. The predicted molar refractivity (Wildman–Crippen MR) is 92.8 cm³/mol. The van der Waals surface area contributed by atoms with Crippen LogP contribution in [0.5, 0.6) is 0 Å². The van der Waals surface area contributed by atoms with Crippen molar-refractivity contribution in [3.05, 3.63) is 59.6 Å². The van der Waals surface area contributed by atoms with Crippen LogP contribution in [0.2, 0.25) is 5.02 Å². The van der Waals surface area contributed by atoms with E-state index in [4.69, 9.17) is 16.3 Å². The fraction of sp³-hybridized carbons (Fsp3) is 0.176. The van der Waals surface area contributed by atoms with Crippen LogP contribution in [0.4, 0.5) is 5.69 Å². The lowest BCUT2D eigenvalue weighted by atomic mass is 10.3. The molecule has 0 bridgehead atoms. The lowest BCUT2D eigenvalue weighted by molar-refractivity contribution is -0.150. The van der Waals surface area contributed by atoms with Crippen molar-refractivity contribution in [3.63, 3.8) is 0 Å². The Bertz CT molecular complexity index is 661. The first kappa shape index (κ1) is 17.4. The second-order valence-electron chi connectivity index (χ2n) is 4.73. The van der Waals surface area contributed by atoms with Gasteiger partial charge in [0, 0.05) is 15.6 Å². The molecule has 1 atom stereocenters. The number of para-hydroxylation sites is 1. The van der Waals surface area contributed by atoms with Crippen molar-refractivity contribution in [2.45, 2.75) is 17.9 Å². The van der Waals surface area contributed by atoms with Crippen LogP contribution in [-0.2, 0) is 14.3 Å². The molecule has 4 nitrogen and oxygen atoms in total. The van der Waals surface area contributed by atoms with Crippen LogP contribution >= 0.6 is 23.4 Å². The Hall–Kier alpha value is -1.98. The van der Waals surface area contributed by atoms with E-state index in [1.165, 1.54) is 11.8 Å². The van der Waals surface area contributed by atoms with E-state index in [1.54, 1.807) is 31.2 Å². The largest absolute Gasteiger partial charge is 0.452 e. The summed E-state index contributed by atoms with van der Waals surface area (Å²) in [5.41, 5.74) is 0.663. The van der Waals surface area contributed by atoms with Gasteiger partial charge in [-0.2, -0.15) is 0 Å². The van der Waals surface area contributed by atoms with Crippen LogP contribution < -0.4 is 5.32 Å². The van der Waals surface area contributed by atoms with Gasteiger partial charge in [0.05, 0.1) is 5.75 Å². The molecule has 0 unspecified atom stereocenters. The molecule has 0 aliphatic carbocycles. The summed E-state index contributed by atoms with van der Waals surface area (Å²) in [6, 6.07) is 16.2. The molecule has 1 amide bonds. The number of nitrogens with one attached hydrogen (secondary N) is 1. The van der Waals surface area contributed by atoms with Gasteiger partial charge in [0.1, 0.15) is 0 Å². The summed E-state index contributed by atoms with van der Waals surface area (Å²) in [6.45, 7) is 1.54. The Morgan fingerprint density at radius 1 is 1.13 bits per heavy atom. The van der Waals surface area contributed by atoms with Gasteiger partial charge < -0.3 is 10.1 Å². The summed E-state index contributed by atoms with van der Waals surface area (Å²) in [5.74, 6) is -0.674. The summed E-state index contributed by atoms with van der Waals surface area (Å²) >= 11 is 7.13. The number of amides is 1. The molecule has 1 N–H and O–H groups in total. The number of ether oxygens (including phenoxy) is 1. The van der Waals surface area contributed by atoms with E-state index in [1.807, 2.05) is 30.3 Å². The first-order valence-electron chi connectivity index (χ1n) is 6.98. The third kappa shape index (κ3) is 5.96. The Balaban J connectivity index is 1.77. The molecule has 0 aromatic heterocycles. The van der Waals surface area contributed by atoms with E-state index in [0.29, 0.717) is 10.7 Å². The van der Waals surface area contributed by atoms with Crippen molar-refractivity contribution in [2.24, 2.45) is 0 Å². The zero-order chi connectivity index (χ0) is 16.7. The van der Waals surface area contributed by atoms with Gasteiger partial charge in [0.2, 0.25) is 0 Å². The highest BCUT2D eigenvalue weighted by molar-refractivity contribution is 8.00. The molecule has 0 heterocycles. The van der Waals surface area contributed by atoms with Crippen LogP contribution in [0, 0.1) is 0 Å². The number of benzene rings is 2. The first-order valence-corrected chi connectivity index (χ1v) is 8.35. The summed E-state index contributed by atoms with van der Waals surface area (Å²) in [6.07, 6.45) is -0.853. The number of carbonyl (C=O) groups excluding carboxylic acids is 2. The Labute approximate surface area is 144 Å². The number of anilines is 1. The molecule has 2 aromatic carbocycles. The van der Waals surface area contributed by atoms with Gasteiger partial charge in [-0.05, 0) is 43.3 Å². The average molecular weight is 350 g/mol. The SMILES string of the molecule is C[C@H](OC(=O)CSc1ccc(Cl)cc1)C(=O)Nc1ccccc1. The fourth-order valence-corrected chi connectivity index (χ4v) is 2.53. The predicted octanol–water partition coefficient (Wildman–Crippen LogP) is 4.00. The van der Waals surface area contributed by atoms with Gasteiger partial charge >= 0.3 is 5.97 Å². The molecule has 0 radical (unpaired) electrons. The molecule has 0 saturated carbocycles. The molecule has 23 heavy (non-hydrogen) atoms. The molecule has 0 saturated heterocycles. The Kier molecular flexibility index (Phi) is 6.50. The summed E-state index contributed by atoms with van der Waals surface area (Å²) in [5, 5.41) is 3.33. The zero-order valence-electron chi connectivity index (χ0n) is 12.5. The molecule has 0 fully saturated rings. The molecule has 120 valence electrons. The number of hydrogen-bond donors (Lipinski definition) is 1. The van der Waals surface area contributed by atoms with E-state index in [-0.39, 0.29) is 11.7 Å². The van der Waals surface area contributed by atoms with Crippen molar-refractivity contribution >= 4 is 40.9 Å². The minimum atomic E-state index is -0.853. The lowest BCUT2D eigenvalue weighted by Crippen LogP contribution is -2.30. The van der Waals surface area contributed by atoms with Crippen molar-refractivity contribution in [2.75, 3.05) is 11.1 Å². The van der Waals surface area contributed by atoms with E-state index in [0.717, 1.165) is 4.90 Å². The van der Waals surface area contributed by atoms with E-state index in [9.17, 15) is 9.59 Å². The number of halogens is 1. The minimum Gasteiger partial charge on any atom is -0.452 e. The normalized spacial score (nSPS) is 11.6. The standard InChI is InChI=1S/C17H16ClNO3S/c1-12(17(21)19-14-5-3-2-4-6-14)22-16(20)11-23-15-9-7-13(18)8-10-15/h2-10,12H,11H2,1H3,(H,19,21)/t12-/m0/s1. The van der Waals surface area contributed by atoms with Gasteiger partial charge in [0.15, 0.2) is 6.10 Å². The number of esters is 1. The van der Waals surface area contributed by atoms with Gasteiger partial charge in [-0.3, -0.25) is 9.59 Å². The highest BCUT2D eigenvalue weighted by Gasteiger charge is 2.17. The quantitative estimate of drug-likeness (QED) is 0.632. The number of hydrogen-bond acceptors (Lipinski definition) is 4. The van der Waals surface area contributed by atoms with Gasteiger partial charge in [-0.1, -0.05) is 29.8 Å². The van der Waals surface area contributed by atoms with Crippen LogP contribution in [0.25, 0.3) is 0 Å². The molecule has 6 heteroatoms. The van der Waals surface area contributed by atoms with Crippen LogP contribution in [0.1, 0.15) is 6.92 Å². The van der Waals surface area contributed by atoms with Crippen molar-refractivity contribution in [1.82, 2.24) is 0 Å². The molecular formula is C17H16ClNO3S. The zero-order valence-corrected chi connectivity index (χ0v) is 14.1. The highest BCUT2D eigenvalue weighted by Crippen LogP contribution is 2.20. The summed E-state index contributed by atoms with van der Waals surface area (Å²) in [7, 11) is 0. The average Bonchev–Trinajstić information content (AvgIpc) is 2.55. The first-order chi connectivity index (χ1) is 11.0. The number of thioether (sulfide) groups is 1. The highest BCUT2D eigenvalue weighted by atomic mass is 35.5. The Morgan fingerprint density at radius 3 is 2.43 bits per heavy atom. The third-order valence-electron chi connectivity index (χ3n) is 2.89. The van der Waals surface area contributed by atoms with E-state index in [2.05, 4.69) is 5.32 Å². The number of carbonyl (C=O) groups is 2. The van der Waals surface area contributed by atoms with Crippen LogP contribution in [0.3, 0.4) is 0 Å². The molecule has 0 aliphatic rings. The molecule has 2 rings (SSSR count). The maximum Gasteiger partial charge on any atom is 0.317 e. The second-order valence-corrected chi connectivity index (χ2v) is 6.22. The smallest absolute Gasteiger partial charge is 0.317 e. The molecular weight excluding hydrogens is 334 g/mol. The van der Waals surface area contributed by atoms with Crippen molar-refractivity contribution in [3.8, 4) is 0 Å². The Morgan fingerprint density at radius 2 is 1.78 bits per heavy atom. The maximum atomic E-state index is 11.9. The molecule has 0 aliphatic heterocycles. The van der Waals surface area contributed by atoms with Crippen molar-refractivity contribution in [1.29, 1.82) is 0 Å². The topological polar surface area (TPSA) is 55.4 Å². The van der Waals surface area contributed by atoms with Gasteiger partial charge in [-0.15, -0.1) is 11.8 Å². The van der Waals surface area contributed by atoms with E-state index >= 15 is 0 Å². The van der Waals surface area contributed by atoms with Crippen LogP contribution in [-0.4, -0.2) is 23.7 Å². The summed E-state index contributed by atoms with van der Waals surface area (Å²) in [4.78, 5) is 24.7. The van der Waals surface area contributed by atoms with Gasteiger partial charge in [-0.25, -0.2) is 0 Å². The van der Waals surface area contributed by atoms with Crippen LogP contribution in [0.15, 0.2) is 59.5 Å². The maximum absolute atomic E-state index is 11.9. The monoisotopic (exact) mass is 349 g/mol. The fourth-order valence-electron chi connectivity index (χ4n) is 1.72. The van der Waals surface area contributed by atoms with Gasteiger partial charge in [0.25, 0.3) is 5.91 Å². The third-order valence-corrected chi connectivity index (χ3v) is 4.13. The molecule has 0 spiro atoms. The van der Waals surface area contributed by atoms with Crippen molar-refractivity contribution < 1.29 is 14.3 Å². The minimum absolute atomic E-state index is 0.130. The summed E-state index contributed by atoms with van der Waals surface area (Å²) < 4.78 is 5.13. The molecule has 2 aromatic rings. The number of rotatable bonds is 6.